The van der Waals surface area contributed by atoms with Crippen LogP contribution in [0.2, 0.25) is 0 Å². The molecule has 0 unspecified atom stereocenters. The van der Waals surface area contributed by atoms with Gasteiger partial charge < -0.3 is 10.5 Å². The Balaban J connectivity index is 1.91. The Morgan fingerprint density at radius 2 is 1.81 bits per heavy atom. The largest absolute Gasteiger partial charge is 0.489 e. The summed E-state index contributed by atoms with van der Waals surface area (Å²) in [6.07, 6.45) is 4.70. The van der Waals surface area contributed by atoms with E-state index in [-0.39, 0.29) is 6.04 Å². The van der Waals surface area contributed by atoms with E-state index in [4.69, 9.17) is 10.5 Å². The van der Waals surface area contributed by atoms with Gasteiger partial charge in [-0.2, -0.15) is 0 Å². The molecule has 0 heterocycles. The normalized spacial score (nSPS) is 12.1. The van der Waals surface area contributed by atoms with Gasteiger partial charge in [0.25, 0.3) is 0 Å². The van der Waals surface area contributed by atoms with E-state index in [1.54, 1.807) is 0 Å². The third kappa shape index (κ3) is 5.24. The molecule has 0 aromatic heterocycles. The molecule has 2 nitrogen and oxygen atoms in total. The Labute approximate surface area is 127 Å². The Bertz CT molecular complexity index is 524. The summed E-state index contributed by atoms with van der Waals surface area (Å²) in [5, 5.41) is 0. The third-order valence-electron chi connectivity index (χ3n) is 3.65. The van der Waals surface area contributed by atoms with Crippen LogP contribution in [0.25, 0.3) is 0 Å². The molecule has 0 saturated carbocycles. The Morgan fingerprint density at radius 3 is 2.57 bits per heavy atom. The molecule has 2 aromatic rings. The van der Waals surface area contributed by atoms with Crippen molar-refractivity contribution < 1.29 is 4.74 Å². The smallest absolute Gasteiger partial charge is 0.120 e. The van der Waals surface area contributed by atoms with Gasteiger partial charge in [-0.05, 0) is 29.7 Å². The highest BCUT2D eigenvalue weighted by Crippen LogP contribution is 2.22. The molecule has 0 aliphatic heterocycles. The minimum Gasteiger partial charge on any atom is -0.489 e. The van der Waals surface area contributed by atoms with E-state index in [9.17, 15) is 0 Å². The number of benzene rings is 2. The SMILES string of the molecule is CCCCC[C@@H](N)c1cccc(OCc2ccccc2)c1. The zero-order chi connectivity index (χ0) is 14.9. The molecule has 0 aliphatic rings. The topological polar surface area (TPSA) is 35.2 Å². The van der Waals surface area contributed by atoms with E-state index < -0.39 is 0 Å². The van der Waals surface area contributed by atoms with Crippen molar-refractivity contribution in [1.82, 2.24) is 0 Å². The average molecular weight is 283 g/mol. The highest BCUT2D eigenvalue weighted by molar-refractivity contribution is 5.30. The van der Waals surface area contributed by atoms with Crippen molar-refractivity contribution in [3.8, 4) is 5.75 Å². The first-order valence-corrected chi connectivity index (χ1v) is 7.82. The fourth-order valence-corrected chi connectivity index (χ4v) is 2.36. The summed E-state index contributed by atoms with van der Waals surface area (Å²) in [5.74, 6) is 0.891. The first-order chi connectivity index (χ1) is 10.3. The monoisotopic (exact) mass is 283 g/mol. The van der Waals surface area contributed by atoms with Crippen LogP contribution in [-0.2, 0) is 6.61 Å². The van der Waals surface area contributed by atoms with Crippen LogP contribution in [0.3, 0.4) is 0 Å². The van der Waals surface area contributed by atoms with E-state index in [1.165, 1.54) is 24.8 Å². The highest BCUT2D eigenvalue weighted by Gasteiger charge is 2.06. The summed E-state index contributed by atoms with van der Waals surface area (Å²) < 4.78 is 5.85. The number of nitrogens with two attached hydrogens (primary N) is 1. The van der Waals surface area contributed by atoms with Gasteiger partial charge in [0.1, 0.15) is 12.4 Å². The molecule has 0 amide bonds. The van der Waals surface area contributed by atoms with Crippen molar-refractivity contribution >= 4 is 0 Å². The van der Waals surface area contributed by atoms with Crippen molar-refractivity contribution in [3.05, 3.63) is 65.7 Å². The Hall–Kier alpha value is -1.80. The van der Waals surface area contributed by atoms with Gasteiger partial charge >= 0.3 is 0 Å². The van der Waals surface area contributed by atoms with E-state index in [0.717, 1.165) is 17.7 Å². The van der Waals surface area contributed by atoms with Crippen LogP contribution in [0.5, 0.6) is 5.75 Å². The third-order valence-corrected chi connectivity index (χ3v) is 3.65. The minimum atomic E-state index is 0.108. The van der Waals surface area contributed by atoms with E-state index in [2.05, 4.69) is 31.2 Å². The number of unbranched alkanes of at least 4 members (excludes halogenated alkanes) is 2. The Kier molecular flexibility index (Phi) is 6.29. The highest BCUT2D eigenvalue weighted by atomic mass is 16.5. The van der Waals surface area contributed by atoms with Gasteiger partial charge in [0, 0.05) is 6.04 Å². The van der Waals surface area contributed by atoms with E-state index >= 15 is 0 Å². The second-order valence-electron chi connectivity index (χ2n) is 5.45. The summed E-state index contributed by atoms with van der Waals surface area (Å²) in [6, 6.07) is 18.5. The molecular weight excluding hydrogens is 258 g/mol. The summed E-state index contributed by atoms with van der Waals surface area (Å²) >= 11 is 0. The molecular formula is C19H25NO. The zero-order valence-corrected chi connectivity index (χ0v) is 12.8. The fourth-order valence-electron chi connectivity index (χ4n) is 2.36. The van der Waals surface area contributed by atoms with Crippen molar-refractivity contribution in [1.29, 1.82) is 0 Å². The first-order valence-electron chi connectivity index (χ1n) is 7.82. The van der Waals surface area contributed by atoms with Crippen molar-refractivity contribution in [2.45, 2.75) is 45.3 Å². The van der Waals surface area contributed by atoms with Gasteiger partial charge in [-0.25, -0.2) is 0 Å². The molecule has 2 N–H and O–H groups in total. The maximum Gasteiger partial charge on any atom is 0.120 e. The van der Waals surface area contributed by atoms with Crippen molar-refractivity contribution in [2.24, 2.45) is 5.73 Å². The van der Waals surface area contributed by atoms with Gasteiger partial charge in [0.15, 0.2) is 0 Å². The number of hydrogen-bond acceptors (Lipinski definition) is 2. The fraction of sp³-hybridized carbons (Fsp3) is 0.368. The molecule has 0 radical (unpaired) electrons. The number of rotatable bonds is 8. The molecule has 112 valence electrons. The molecule has 21 heavy (non-hydrogen) atoms. The average Bonchev–Trinajstić information content (AvgIpc) is 2.54. The molecule has 2 rings (SSSR count). The second-order valence-corrected chi connectivity index (χ2v) is 5.45. The molecule has 0 saturated heterocycles. The van der Waals surface area contributed by atoms with Crippen LogP contribution >= 0.6 is 0 Å². The molecule has 0 fully saturated rings. The predicted octanol–water partition coefficient (Wildman–Crippen LogP) is 4.85. The van der Waals surface area contributed by atoms with E-state index in [0.29, 0.717) is 6.61 Å². The quantitative estimate of drug-likeness (QED) is 0.703. The lowest BCUT2D eigenvalue weighted by atomic mass is 10.0. The standard InChI is InChI=1S/C19H25NO/c1-2-3-5-13-19(20)17-11-8-12-18(14-17)21-15-16-9-6-4-7-10-16/h4,6-12,14,19H,2-3,5,13,15,20H2,1H3/t19-/m1/s1. The van der Waals surface area contributed by atoms with Crippen LogP contribution in [-0.4, -0.2) is 0 Å². The van der Waals surface area contributed by atoms with Gasteiger partial charge in [-0.3, -0.25) is 0 Å². The van der Waals surface area contributed by atoms with Crippen LogP contribution in [0, 0.1) is 0 Å². The van der Waals surface area contributed by atoms with Crippen molar-refractivity contribution in [2.75, 3.05) is 0 Å². The Morgan fingerprint density at radius 1 is 1.00 bits per heavy atom. The lowest BCUT2D eigenvalue weighted by molar-refractivity contribution is 0.305. The van der Waals surface area contributed by atoms with Crippen LogP contribution < -0.4 is 10.5 Å². The van der Waals surface area contributed by atoms with Gasteiger partial charge in [0.05, 0.1) is 0 Å². The van der Waals surface area contributed by atoms with E-state index in [1.807, 2.05) is 30.3 Å². The summed E-state index contributed by atoms with van der Waals surface area (Å²) in [6.45, 7) is 2.80. The maximum absolute atomic E-state index is 6.26. The zero-order valence-electron chi connectivity index (χ0n) is 12.8. The van der Waals surface area contributed by atoms with Crippen LogP contribution in [0.15, 0.2) is 54.6 Å². The summed E-state index contributed by atoms with van der Waals surface area (Å²) in [7, 11) is 0. The van der Waals surface area contributed by atoms with Gasteiger partial charge in [-0.1, -0.05) is 68.7 Å². The maximum atomic E-state index is 6.26. The second kappa shape index (κ2) is 8.48. The number of ether oxygens (including phenoxy) is 1. The molecule has 1 atom stereocenters. The first kappa shape index (κ1) is 15.6. The van der Waals surface area contributed by atoms with Gasteiger partial charge in [0.2, 0.25) is 0 Å². The molecule has 2 aromatic carbocycles. The number of hydrogen-bond donors (Lipinski definition) is 1. The van der Waals surface area contributed by atoms with Crippen LogP contribution in [0.4, 0.5) is 0 Å². The summed E-state index contributed by atoms with van der Waals surface area (Å²) in [5.41, 5.74) is 8.60. The lowest BCUT2D eigenvalue weighted by Crippen LogP contribution is -2.10. The summed E-state index contributed by atoms with van der Waals surface area (Å²) in [4.78, 5) is 0. The predicted molar refractivity (Wildman–Crippen MR) is 88.3 cm³/mol. The molecule has 0 aliphatic carbocycles. The molecule has 0 bridgehead atoms. The van der Waals surface area contributed by atoms with Gasteiger partial charge in [-0.15, -0.1) is 0 Å². The van der Waals surface area contributed by atoms with Crippen LogP contribution in [0.1, 0.15) is 49.8 Å². The minimum absolute atomic E-state index is 0.108. The molecule has 0 spiro atoms. The lowest BCUT2D eigenvalue weighted by Gasteiger charge is -2.13. The molecule has 2 heteroatoms. The van der Waals surface area contributed by atoms with Crippen molar-refractivity contribution in [3.63, 3.8) is 0 Å².